The fourth-order valence-corrected chi connectivity index (χ4v) is 1.92. The molecule has 2 rings (SSSR count). The first-order valence-electron chi connectivity index (χ1n) is 6.14. The van der Waals surface area contributed by atoms with E-state index < -0.39 is 0 Å². The van der Waals surface area contributed by atoms with Crippen molar-refractivity contribution in [2.75, 3.05) is 11.1 Å². The number of hydrogen-bond acceptors (Lipinski definition) is 4. The molecule has 0 atom stereocenters. The standard InChI is InChI=1S/C12H19N5/c1-8(2)7-17-11(14)10(6-13)12(16-17)15-9-4-3-5-9/h8-9H,3-5,7,14H2,1-2H3,(H,15,16). The SMILES string of the molecule is CC(C)Cn1nc(NC2CCC2)c(C#N)c1N. The van der Waals surface area contributed by atoms with Crippen molar-refractivity contribution in [2.45, 2.75) is 45.7 Å². The molecular formula is C12H19N5. The highest BCUT2D eigenvalue weighted by Gasteiger charge is 2.22. The van der Waals surface area contributed by atoms with Crippen molar-refractivity contribution in [3.8, 4) is 6.07 Å². The average Bonchev–Trinajstić information content (AvgIpc) is 2.48. The van der Waals surface area contributed by atoms with Crippen molar-refractivity contribution in [2.24, 2.45) is 5.92 Å². The van der Waals surface area contributed by atoms with E-state index in [1.165, 1.54) is 6.42 Å². The van der Waals surface area contributed by atoms with Crippen molar-refractivity contribution < 1.29 is 0 Å². The lowest BCUT2D eigenvalue weighted by atomic mass is 9.93. The number of nitrogens with one attached hydrogen (secondary N) is 1. The van der Waals surface area contributed by atoms with Crippen molar-refractivity contribution in [1.82, 2.24) is 9.78 Å². The van der Waals surface area contributed by atoms with Crippen molar-refractivity contribution >= 4 is 11.6 Å². The predicted octanol–water partition coefficient (Wildman–Crippen LogP) is 1.96. The number of nitriles is 1. The molecule has 92 valence electrons. The number of rotatable bonds is 4. The third-order valence-corrected chi connectivity index (χ3v) is 3.09. The summed E-state index contributed by atoms with van der Waals surface area (Å²) in [6, 6.07) is 2.60. The van der Waals surface area contributed by atoms with Crippen LogP contribution in [0.4, 0.5) is 11.6 Å². The van der Waals surface area contributed by atoms with E-state index in [0.717, 1.165) is 19.4 Å². The zero-order valence-corrected chi connectivity index (χ0v) is 10.4. The number of hydrogen-bond donors (Lipinski definition) is 2. The molecule has 1 aromatic heterocycles. The Morgan fingerprint density at radius 1 is 1.59 bits per heavy atom. The first-order chi connectivity index (χ1) is 8.11. The van der Waals surface area contributed by atoms with E-state index in [1.807, 2.05) is 0 Å². The minimum absolute atomic E-state index is 0.459. The smallest absolute Gasteiger partial charge is 0.168 e. The Bertz CT molecular complexity index is 436. The molecule has 1 aromatic rings. The Kier molecular flexibility index (Phi) is 3.23. The van der Waals surface area contributed by atoms with Crippen LogP contribution in [0.15, 0.2) is 0 Å². The molecule has 17 heavy (non-hydrogen) atoms. The number of anilines is 2. The highest BCUT2D eigenvalue weighted by Crippen LogP contribution is 2.27. The van der Waals surface area contributed by atoms with Gasteiger partial charge in [0.15, 0.2) is 5.82 Å². The van der Waals surface area contributed by atoms with Crippen LogP contribution in [0.3, 0.4) is 0 Å². The maximum absolute atomic E-state index is 9.13. The van der Waals surface area contributed by atoms with Crippen LogP contribution < -0.4 is 11.1 Å². The van der Waals surface area contributed by atoms with E-state index in [0.29, 0.717) is 29.2 Å². The molecule has 1 heterocycles. The zero-order valence-electron chi connectivity index (χ0n) is 10.4. The predicted molar refractivity (Wildman–Crippen MR) is 67.5 cm³/mol. The molecule has 5 nitrogen and oxygen atoms in total. The van der Waals surface area contributed by atoms with Crippen LogP contribution in [0.1, 0.15) is 38.7 Å². The summed E-state index contributed by atoms with van der Waals surface area (Å²) in [6.45, 7) is 4.95. The second-order valence-corrected chi connectivity index (χ2v) is 5.07. The fraction of sp³-hybridized carbons (Fsp3) is 0.667. The van der Waals surface area contributed by atoms with Crippen LogP contribution in [0.25, 0.3) is 0 Å². The molecule has 1 saturated carbocycles. The van der Waals surface area contributed by atoms with Gasteiger partial charge in [0.1, 0.15) is 17.5 Å². The number of nitrogen functional groups attached to an aromatic ring is 1. The van der Waals surface area contributed by atoms with Gasteiger partial charge in [0.2, 0.25) is 0 Å². The summed E-state index contributed by atoms with van der Waals surface area (Å²) < 4.78 is 1.73. The van der Waals surface area contributed by atoms with E-state index in [2.05, 4.69) is 30.3 Å². The maximum Gasteiger partial charge on any atom is 0.168 e. The third kappa shape index (κ3) is 2.36. The molecule has 3 N–H and O–H groups in total. The molecule has 1 aliphatic rings. The second kappa shape index (κ2) is 4.66. The Balaban J connectivity index is 2.21. The number of nitrogens with zero attached hydrogens (tertiary/aromatic N) is 3. The summed E-state index contributed by atoms with van der Waals surface area (Å²) >= 11 is 0. The van der Waals surface area contributed by atoms with Crippen LogP contribution in [-0.2, 0) is 6.54 Å². The van der Waals surface area contributed by atoms with Gasteiger partial charge in [-0.15, -0.1) is 0 Å². The average molecular weight is 233 g/mol. The molecule has 1 fully saturated rings. The Morgan fingerprint density at radius 3 is 2.76 bits per heavy atom. The maximum atomic E-state index is 9.13. The Morgan fingerprint density at radius 2 is 2.29 bits per heavy atom. The lowest BCUT2D eigenvalue weighted by Crippen LogP contribution is -2.27. The van der Waals surface area contributed by atoms with Gasteiger partial charge in [-0.05, 0) is 25.2 Å². The molecule has 0 unspecified atom stereocenters. The first kappa shape index (κ1) is 11.8. The van der Waals surface area contributed by atoms with Crippen LogP contribution >= 0.6 is 0 Å². The van der Waals surface area contributed by atoms with Gasteiger partial charge < -0.3 is 11.1 Å². The zero-order chi connectivity index (χ0) is 12.4. The van der Waals surface area contributed by atoms with E-state index in [-0.39, 0.29) is 0 Å². The van der Waals surface area contributed by atoms with Gasteiger partial charge in [-0.2, -0.15) is 10.4 Å². The normalized spacial score (nSPS) is 15.6. The van der Waals surface area contributed by atoms with Gasteiger partial charge in [0.05, 0.1) is 0 Å². The first-order valence-corrected chi connectivity index (χ1v) is 6.14. The van der Waals surface area contributed by atoms with Crippen LogP contribution in [-0.4, -0.2) is 15.8 Å². The van der Waals surface area contributed by atoms with E-state index in [9.17, 15) is 0 Å². The van der Waals surface area contributed by atoms with E-state index >= 15 is 0 Å². The topological polar surface area (TPSA) is 79.7 Å². The quantitative estimate of drug-likeness (QED) is 0.833. The van der Waals surface area contributed by atoms with Gasteiger partial charge >= 0.3 is 0 Å². The molecule has 0 amide bonds. The molecule has 0 bridgehead atoms. The molecule has 0 aliphatic heterocycles. The number of nitrogens with two attached hydrogens (primary N) is 1. The van der Waals surface area contributed by atoms with Gasteiger partial charge in [-0.1, -0.05) is 13.8 Å². The largest absolute Gasteiger partial charge is 0.383 e. The lowest BCUT2D eigenvalue weighted by molar-refractivity contribution is 0.441. The second-order valence-electron chi connectivity index (χ2n) is 5.07. The molecule has 0 spiro atoms. The van der Waals surface area contributed by atoms with Crippen LogP contribution in [0.5, 0.6) is 0 Å². The highest BCUT2D eigenvalue weighted by atomic mass is 15.3. The number of aromatic nitrogens is 2. The summed E-state index contributed by atoms with van der Waals surface area (Å²) in [6.07, 6.45) is 3.56. The van der Waals surface area contributed by atoms with Crippen molar-refractivity contribution in [3.05, 3.63) is 5.56 Å². The summed E-state index contributed by atoms with van der Waals surface area (Å²) in [5, 5.41) is 16.8. The molecule has 5 heteroatoms. The van der Waals surface area contributed by atoms with E-state index in [4.69, 9.17) is 11.0 Å². The van der Waals surface area contributed by atoms with Crippen LogP contribution in [0, 0.1) is 17.2 Å². The molecule has 0 saturated heterocycles. The molecule has 0 radical (unpaired) electrons. The van der Waals surface area contributed by atoms with Crippen molar-refractivity contribution in [3.63, 3.8) is 0 Å². The third-order valence-electron chi connectivity index (χ3n) is 3.09. The highest BCUT2D eigenvalue weighted by molar-refractivity contribution is 5.64. The molecular weight excluding hydrogens is 214 g/mol. The van der Waals surface area contributed by atoms with Crippen molar-refractivity contribution in [1.29, 1.82) is 5.26 Å². The molecule has 1 aliphatic carbocycles. The van der Waals surface area contributed by atoms with Gasteiger partial charge in [0, 0.05) is 12.6 Å². The summed E-state index contributed by atoms with van der Waals surface area (Å²) in [5.41, 5.74) is 6.42. The summed E-state index contributed by atoms with van der Waals surface area (Å²) in [7, 11) is 0. The van der Waals surface area contributed by atoms with E-state index in [1.54, 1.807) is 4.68 Å². The summed E-state index contributed by atoms with van der Waals surface area (Å²) in [5.74, 6) is 1.58. The van der Waals surface area contributed by atoms with Crippen LogP contribution in [0.2, 0.25) is 0 Å². The van der Waals surface area contributed by atoms with Gasteiger partial charge in [-0.3, -0.25) is 0 Å². The Labute approximate surface area is 102 Å². The monoisotopic (exact) mass is 233 g/mol. The summed E-state index contributed by atoms with van der Waals surface area (Å²) in [4.78, 5) is 0. The fourth-order valence-electron chi connectivity index (χ4n) is 1.92. The minimum atomic E-state index is 0.459. The minimum Gasteiger partial charge on any atom is -0.383 e. The lowest BCUT2D eigenvalue weighted by Gasteiger charge is -2.26. The van der Waals surface area contributed by atoms with Gasteiger partial charge in [-0.25, -0.2) is 4.68 Å². The molecule has 0 aromatic carbocycles. The Hall–Kier alpha value is -1.70. The van der Waals surface area contributed by atoms with Gasteiger partial charge in [0.25, 0.3) is 0 Å².